The first-order chi connectivity index (χ1) is 9.59. The molecule has 1 heterocycles. The number of ketones is 1. The smallest absolute Gasteiger partial charge is 0.199 e. The Bertz CT molecular complexity index is 806. The molecule has 20 heavy (non-hydrogen) atoms. The molecule has 0 spiro atoms. The summed E-state index contributed by atoms with van der Waals surface area (Å²) in [5.74, 6) is -1.92. The molecule has 100 valence electrons. The van der Waals surface area contributed by atoms with Gasteiger partial charge >= 0.3 is 0 Å². The standard InChI is InChI=1S/C15H8ClF2NO/c16-9-3-1-4-11(18)14(9)15(20)8-7-19-12-6-2-5-10(17)13(8)12/h1-7,19H. The van der Waals surface area contributed by atoms with E-state index < -0.39 is 17.4 Å². The van der Waals surface area contributed by atoms with E-state index in [1.54, 1.807) is 6.07 Å². The summed E-state index contributed by atoms with van der Waals surface area (Å²) in [7, 11) is 0. The van der Waals surface area contributed by atoms with Crippen LogP contribution in [-0.2, 0) is 0 Å². The number of hydrogen-bond acceptors (Lipinski definition) is 1. The van der Waals surface area contributed by atoms with Crippen LogP contribution in [0.5, 0.6) is 0 Å². The van der Waals surface area contributed by atoms with E-state index in [0.717, 1.165) is 6.07 Å². The first-order valence-electron chi connectivity index (χ1n) is 5.84. The second-order valence-corrected chi connectivity index (χ2v) is 4.70. The number of hydrogen-bond donors (Lipinski definition) is 1. The molecule has 0 bridgehead atoms. The lowest BCUT2D eigenvalue weighted by molar-refractivity contribution is 0.103. The SMILES string of the molecule is O=C(c1c(F)cccc1Cl)c1c[nH]c2cccc(F)c12. The Kier molecular flexibility index (Phi) is 3.03. The van der Waals surface area contributed by atoms with Gasteiger partial charge in [0, 0.05) is 17.1 Å². The first kappa shape index (κ1) is 12.8. The molecule has 0 amide bonds. The number of halogens is 3. The summed E-state index contributed by atoms with van der Waals surface area (Å²) in [5.41, 5.74) is 0.282. The molecule has 0 saturated carbocycles. The van der Waals surface area contributed by atoms with Crippen LogP contribution in [0.1, 0.15) is 15.9 Å². The summed E-state index contributed by atoms with van der Waals surface area (Å²) in [6.45, 7) is 0. The molecule has 0 aliphatic heterocycles. The second-order valence-electron chi connectivity index (χ2n) is 4.29. The van der Waals surface area contributed by atoms with Gasteiger partial charge in [-0.15, -0.1) is 0 Å². The maximum atomic E-state index is 13.9. The fourth-order valence-corrected chi connectivity index (χ4v) is 2.42. The predicted molar refractivity (Wildman–Crippen MR) is 73.1 cm³/mol. The normalized spacial score (nSPS) is 10.9. The predicted octanol–water partition coefficient (Wildman–Crippen LogP) is 4.33. The number of aromatic nitrogens is 1. The lowest BCUT2D eigenvalue weighted by atomic mass is 10.0. The minimum absolute atomic E-state index is 0.000638. The summed E-state index contributed by atoms with van der Waals surface area (Å²) >= 11 is 5.87. The van der Waals surface area contributed by atoms with Crippen LogP contribution in [0, 0.1) is 11.6 Å². The monoisotopic (exact) mass is 291 g/mol. The average molecular weight is 292 g/mol. The summed E-state index contributed by atoms with van der Waals surface area (Å²) in [6.07, 6.45) is 1.36. The van der Waals surface area contributed by atoms with Gasteiger partial charge in [-0.2, -0.15) is 0 Å². The lowest BCUT2D eigenvalue weighted by Gasteiger charge is -2.04. The molecule has 0 aliphatic carbocycles. The van der Waals surface area contributed by atoms with Gasteiger partial charge in [0.1, 0.15) is 11.6 Å². The van der Waals surface area contributed by atoms with Gasteiger partial charge in [0.2, 0.25) is 0 Å². The number of fused-ring (bicyclic) bond motifs is 1. The van der Waals surface area contributed by atoms with Crippen molar-refractivity contribution in [3.8, 4) is 0 Å². The third-order valence-electron chi connectivity index (χ3n) is 3.09. The number of aromatic amines is 1. The molecule has 2 aromatic carbocycles. The average Bonchev–Trinajstić information content (AvgIpc) is 2.83. The van der Waals surface area contributed by atoms with Gasteiger partial charge in [0.15, 0.2) is 5.78 Å². The van der Waals surface area contributed by atoms with Gasteiger partial charge in [-0.05, 0) is 24.3 Å². The Morgan fingerprint density at radius 3 is 2.50 bits per heavy atom. The van der Waals surface area contributed by atoms with Gasteiger partial charge in [-0.1, -0.05) is 23.7 Å². The minimum Gasteiger partial charge on any atom is -0.360 e. The molecule has 0 radical (unpaired) electrons. The molecular formula is C15H8ClF2NO. The Balaban J connectivity index is 2.24. The summed E-state index contributed by atoms with van der Waals surface area (Å²) in [4.78, 5) is 15.2. The minimum atomic E-state index is -0.729. The Morgan fingerprint density at radius 1 is 1.05 bits per heavy atom. The van der Waals surface area contributed by atoms with Crippen molar-refractivity contribution in [1.29, 1.82) is 0 Å². The Labute approximate surface area is 118 Å². The van der Waals surface area contributed by atoms with Gasteiger partial charge in [-0.3, -0.25) is 4.79 Å². The van der Waals surface area contributed by atoms with E-state index >= 15 is 0 Å². The van der Waals surface area contributed by atoms with E-state index in [1.165, 1.54) is 30.5 Å². The van der Waals surface area contributed by atoms with Crippen molar-refractivity contribution in [1.82, 2.24) is 4.98 Å². The van der Waals surface area contributed by atoms with E-state index in [4.69, 9.17) is 11.6 Å². The summed E-state index contributed by atoms with van der Waals surface area (Å²) in [5, 5.41) is 0.137. The highest BCUT2D eigenvalue weighted by atomic mass is 35.5. The largest absolute Gasteiger partial charge is 0.360 e. The molecule has 5 heteroatoms. The van der Waals surface area contributed by atoms with Crippen molar-refractivity contribution >= 4 is 28.3 Å². The van der Waals surface area contributed by atoms with Crippen molar-refractivity contribution < 1.29 is 13.6 Å². The highest BCUT2D eigenvalue weighted by molar-refractivity contribution is 6.35. The number of rotatable bonds is 2. The third-order valence-corrected chi connectivity index (χ3v) is 3.40. The highest BCUT2D eigenvalue weighted by Crippen LogP contribution is 2.27. The second kappa shape index (κ2) is 4.72. The van der Waals surface area contributed by atoms with Crippen molar-refractivity contribution in [2.24, 2.45) is 0 Å². The van der Waals surface area contributed by atoms with Gasteiger partial charge in [-0.25, -0.2) is 8.78 Å². The fraction of sp³-hybridized carbons (Fsp3) is 0. The van der Waals surface area contributed by atoms with Crippen LogP contribution in [-0.4, -0.2) is 10.8 Å². The van der Waals surface area contributed by atoms with Crippen molar-refractivity contribution in [3.05, 3.63) is 70.4 Å². The zero-order valence-corrected chi connectivity index (χ0v) is 10.8. The molecule has 2 nitrogen and oxygen atoms in total. The molecule has 3 aromatic rings. The van der Waals surface area contributed by atoms with Gasteiger partial charge < -0.3 is 4.98 Å². The van der Waals surface area contributed by atoms with E-state index in [9.17, 15) is 13.6 Å². The number of nitrogens with one attached hydrogen (secondary N) is 1. The van der Waals surface area contributed by atoms with Crippen molar-refractivity contribution in [2.75, 3.05) is 0 Å². The number of carbonyl (C=O) groups excluding carboxylic acids is 1. The maximum Gasteiger partial charge on any atom is 0.199 e. The quantitative estimate of drug-likeness (QED) is 0.700. The van der Waals surface area contributed by atoms with Crippen LogP contribution in [0.25, 0.3) is 10.9 Å². The van der Waals surface area contributed by atoms with Gasteiger partial charge in [0.05, 0.1) is 16.1 Å². The molecular weight excluding hydrogens is 284 g/mol. The molecule has 0 saturated heterocycles. The van der Waals surface area contributed by atoms with E-state index in [2.05, 4.69) is 4.98 Å². The fourth-order valence-electron chi connectivity index (χ4n) is 2.17. The first-order valence-corrected chi connectivity index (χ1v) is 6.21. The van der Waals surface area contributed by atoms with Crippen molar-refractivity contribution in [2.45, 2.75) is 0 Å². The zero-order chi connectivity index (χ0) is 14.3. The maximum absolute atomic E-state index is 13.9. The number of benzene rings is 2. The van der Waals surface area contributed by atoms with E-state index in [0.29, 0.717) is 5.52 Å². The lowest BCUT2D eigenvalue weighted by Crippen LogP contribution is -2.05. The Hall–Kier alpha value is -2.20. The number of carbonyl (C=O) groups is 1. The molecule has 0 unspecified atom stereocenters. The topological polar surface area (TPSA) is 32.9 Å². The van der Waals surface area contributed by atoms with Gasteiger partial charge in [0.25, 0.3) is 0 Å². The number of H-pyrrole nitrogens is 1. The molecule has 0 atom stereocenters. The van der Waals surface area contributed by atoms with Crippen LogP contribution in [0.2, 0.25) is 5.02 Å². The van der Waals surface area contributed by atoms with Crippen molar-refractivity contribution in [3.63, 3.8) is 0 Å². The van der Waals surface area contributed by atoms with E-state index in [1.807, 2.05) is 0 Å². The highest BCUT2D eigenvalue weighted by Gasteiger charge is 2.21. The zero-order valence-electron chi connectivity index (χ0n) is 10.1. The summed E-state index contributed by atoms with van der Waals surface area (Å²) < 4.78 is 27.6. The van der Waals surface area contributed by atoms with Crippen LogP contribution in [0.3, 0.4) is 0 Å². The summed E-state index contributed by atoms with van der Waals surface area (Å²) in [6, 6.07) is 8.38. The van der Waals surface area contributed by atoms with Crippen LogP contribution in [0.15, 0.2) is 42.6 Å². The Morgan fingerprint density at radius 2 is 1.75 bits per heavy atom. The van der Waals surface area contributed by atoms with Crippen LogP contribution >= 0.6 is 11.6 Å². The third kappa shape index (κ3) is 1.89. The van der Waals surface area contributed by atoms with Crippen LogP contribution in [0.4, 0.5) is 8.78 Å². The molecule has 0 aliphatic rings. The molecule has 1 aromatic heterocycles. The van der Waals surface area contributed by atoms with E-state index in [-0.39, 0.29) is 21.5 Å². The van der Waals surface area contributed by atoms with Crippen LogP contribution < -0.4 is 0 Å². The molecule has 1 N–H and O–H groups in total. The molecule has 0 fully saturated rings. The molecule has 3 rings (SSSR count).